The molecule has 0 atom stereocenters. The molecule has 49 heavy (non-hydrogen) atoms. The first-order valence-electron chi connectivity index (χ1n) is 17.3. The van der Waals surface area contributed by atoms with Crippen LogP contribution >= 0.6 is 0 Å². The van der Waals surface area contributed by atoms with Gasteiger partial charge in [0.1, 0.15) is 11.5 Å². The van der Waals surface area contributed by atoms with Gasteiger partial charge in [-0.05, 0) is 91.6 Å². The van der Waals surface area contributed by atoms with E-state index in [2.05, 4.69) is 45.7 Å². The zero-order chi connectivity index (χ0) is 34.0. The van der Waals surface area contributed by atoms with Gasteiger partial charge in [-0.15, -0.1) is 0 Å². The lowest BCUT2D eigenvalue weighted by Gasteiger charge is -2.41. The monoisotopic (exact) mass is 666 g/mol. The third-order valence-corrected chi connectivity index (χ3v) is 10.9. The van der Waals surface area contributed by atoms with Crippen LogP contribution in [0.1, 0.15) is 65.5 Å². The third-order valence-electron chi connectivity index (χ3n) is 10.9. The van der Waals surface area contributed by atoms with Crippen molar-refractivity contribution in [3.63, 3.8) is 0 Å². The van der Waals surface area contributed by atoms with Gasteiger partial charge < -0.3 is 29.2 Å². The Bertz CT molecular complexity index is 1990. The maximum absolute atomic E-state index is 15.4. The van der Waals surface area contributed by atoms with E-state index in [-0.39, 0.29) is 22.7 Å². The first-order chi connectivity index (χ1) is 23.6. The zero-order valence-corrected chi connectivity index (χ0v) is 28.3. The molecule has 2 N–H and O–H groups in total. The molecule has 11 heteroatoms. The predicted molar refractivity (Wildman–Crippen MR) is 186 cm³/mol. The van der Waals surface area contributed by atoms with E-state index in [1.165, 1.54) is 39.7 Å². The number of hydrogen-bond acceptors (Lipinski definition) is 7. The highest BCUT2D eigenvalue weighted by Crippen LogP contribution is 2.41. The van der Waals surface area contributed by atoms with E-state index >= 15 is 4.39 Å². The van der Waals surface area contributed by atoms with Crippen LogP contribution in [-0.2, 0) is 37.8 Å². The minimum absolute atomic E-state index is 0.0859. The number of aromatic nitrogens is 3. The first-order valence-corrected chi connectivity index (χ1v) is 17.3. The van der Waals surface area contributed by atoms with Crippen LogP contribution in [0.3, 0.4) is 0 Å². The number of aryl methyl sites for hydroxylation is 1. The lowest BCUT2D eigenvalue weighted by molar-refractivity contribution is -0.0712. The second-order valence-corrected chi connectivity index (χ2v) is 14.9. The minimum atomic E-state index is -0.562. The quantitative estimate of drug-likeness (QED) is 0.287. The van der Waals surface area contributed by atoms with E-state index in [1.54, 1.807) is 11.9 Å². The summed E-state index contributed by atoms with van der Waals surface area (Å²) in [6.45, 7) is 8.80. The smallest absolute Gasteiger partial charge is 0.293 e. The second kappa shape index (κ2) is 12.2. The van der Waals surface area contributed by atoms with E-state index in [4.69, 9.17) is 4.74 Å². The number of halogens is 1. The SMILES string of the molecule is Cn1cc(-c2cc(F)cc(N3CCn4c(cc5c4CC(C)(C)C5)C3=O)c2CO)nc(Nc2ccc(C3CCN(C4COC4)CC3)cc2)c1=O. The summed E-state index contributed by atoms with van der Waals surface area (Å²) in [6, 6.07) is 13.3. The molecule has 0 spiro atoms. The Morgan fingerprint density at radius 3 is 2.47 bits per heavy atom. The summed E-state index contributed by atoms with van der Waals surface area (Å²) < 4.78 is 24.2. The maximum atomic E-state index is 15.4. The van der Waals surface area contributed by atoms with Crippen molar-refractivity contribution in [3.8, 4) is 11.3 Å². The molecule has 256 valence electrons. The molecular weight excluding hydrogens is 623 g/mol. The van der Waals surface area contributed by atoms with Crippen LogP contribution in [0, 0.1) is 11.2 Å². The van der Waals surface area contributed by atoms with E-state index in [1.807, 2.05) is 18.2 Å². The molecule has 1 aliphatic carbocycles. The van der Waals surface area contributed by atoms with Gasteiger partial charge >= 0.3 is 0 Å². The molecule has 2 aromatic heterocycles. The number of nitrogens with zero attached hydrogens (tertiary/aromatic N) is 5. The van der Waals surface area contributed by atoms with Crippen molar-refractivity contribution in [1.29, 1.82) is 0 Å². The molecular formula is C38H43FN6O4. The number of likely N-dealkylation sites (tertiary alicyclic amines) is 1. The number of rotatable bonds is 7. The van der Waals surface area contributed by atoms with Gasteiger partial charge in [0.25, 0.3) is 11.5 Å². The predicted octanol–water partition coefficient (Wildman–Crippen LogP) is 4.99. The number of anilines is 3. The number of nitrogens with one attached hydrogen (secondary N) is 1. The highest BCUT2D eigenvalue weighted by molar-refractivity contribution is 6.07. The molecule has 3 aliphatic heterocycles. The molecule has 0 radical (unpaired) electrons. The van der Waals surface area contributed by atoms with Crippen LogP contribution in [0.25, 0.3) is 11.3 Å². The Morgan fingerprint density at radius 1 is 1.02 bits per heavy atom. The molecule has 2 aromatic carbocycles. The fraction of sp³-hybridized carbons (Fsp3) is 0.447. The van der Waals surface area contributed by atoms with Gasteiger partial charge in [-0.25, -0.2) is 9.37 Å². The minimum Gasteiger partial charge on any atom is -0.392 e. The highest BCUT2D eigenvalue weighted by atomic mass is 19.1. The summed E-state index contributed by atoms with van der Waals surface area (Å²) in [7, 11) is 1.62. The number of ether oxygens (including phenoxy) is 1. The first kappa shape index (κ1) is 31.9. The Kier molecular flexibility index (Phi) is 7.96. The van der Waals surface area contributed by atoms with Crippen molar-refractivity contribution >= 4 is 23.1 Å². The molecule has 4 aromatic rings. The number of carbonyl (C=O) groups is 1. The lowest BCUT2D eigenvalue weighted by atomic mass is 9.88. The normalized spacial score (nSPS) is 19.5. The maximum Gasteiger partial charge on any atom is 0.293 e. The number of aliphatic hydroxyl groups excluding tert-OH is 1. The molecule has 2 fully saturated rings. The molecule has 10 nitrogen and oxygen atoms in total. The summed E-state index contributed by atoms with van der Waals surface area (Å²) in [4.78, 5) is 35.8. The van der Waals surface area contributed by atoms with Crippen molar-refractivity contribution in [2.75, 3.05) is 43.1 Å². The molecule has 4 aliphatic rings. The van der Waals surface area contributed by atoms with Crippen LogP contribution < -0.4 is 15.8 Å². The van der Waals surface area contributed by atoms with Crippen LogP contribution in [0.4, 0.5) is 21.6 Å². The zero-order valence-electron chi connectivity index (χ0n) is 28.3. The van der Waals surface area contributed by atoms with E-state index in [0.29, 0.717) is 58.9 Å². The number of benzene rings is 2. The molecule has 0 unspecified atom stereocenters. The lowest BCUT2D eigenvalue weighted by Crippen LogP contribution is -2.51. The van der Waals surface area contributed by atoms with Gasteiger partial charge in [-0.2, -0.15) is 0 Å². The summed E-state index contributed by atoms with van der Waals surface area (Å²) in [5.41, 5.74) is 6.13. The second-order valence-electron chi connectivity index (χ2n) is 14.9. The van der Waals surface area contributed by atoms with Gasteiger partial charge in [0.2, 0.25) is 0 Å². The average Bonchev–Trinajstić information content (AvgIpc) is 3.55. The van der Waals surface area contributed by atoms with Crippen LogP contribution in [0.15, 0.2) is 53.5 Å². The third kappa shape index (κ3) is 5.77. The van der Waals surface area contributed by atoms with Crippen molar-refractivity contribution < 1.29 is 19.0 Å². The fourth-order valence-electron chi connectivity index (χ4n) is 8.22. The Balaban J connectivity index is 1.05. The molecule has 8 rings (SSSR count). The van der Waals surface area contributed by atoms with E-state index < -0.39 is 12.4 Å². The van der Waals surface area contributed by atoms with Crippen molar-refractivity contribution in [2.45, 2.75) is 64.6 Å². The van der Waals surface area contributed by atoms with Crippen LogP contribution in [-0.4, -0.2) is 68.9 Å². The van der Waals surface area contributed by atoms with Crippen LogP contribution in [0.5, 0.6) is 0 Å². The molecule has 1 amide bonds. The summed E-state index contributed by atoms with van der Waals surface area (Å²) >= 11 is 0. The van der Waals surface area contributed by atoms with E-state index in [9.17, 15) is 14.7 Å². The van der Waals surface area contributed by atoms with Gasteiger partial charge in [-0.1, -0.05) is 26.0 Å². The van der Waals surface area contributed by atoms with Crippen molar-refractivity contribution in [1.82, 2.24) is 19.0 Å². The van der Waals surface area contributed by atoms with Crippen molar-refractivity contribution in [2.24, 2.45) is 12.5 Å². The number of carbonyl (C=O) groups excluding carboxylic acids is 1. The van der Waals surface area contributed by atoms with Gasteiger partial charge in [0, 0.05) is 48.8 Å². The fourth-order valence-corrected chi connectivity index (χ4v) is 8.22. The van der Waals surface area contributed by atoms with Gasteiger partial charge in [0.15, 0.2) is 5.82 Å². The molecule has 0 saturated carbocycles. The highest BCUT2D eigenvalue weighted by Gasteiger charge is 2.37. The Labute approximate surface area is 285 Å². The number of fused-ring (bicyclic) bond motifs is 3. The molecule has 2 saturated heterocycles. The topological polar surface area (TPSA) is 105 Å². The van der Waals surface area contributed by atoms with Crippen LogP contribution in [0.2, 0.25) is 0 Å². The van der Waals surface area contributed by atoms with Gasteiger partial charge in [-0.3, -0.25) is 14.5 Å². The standard InChI is InChI=1S/C38H43FN6O4/c1-38(2)17-25-14-33-36(47)45(13-12-44(33)34(25)18-38)32-16-26(39)15-29(30(32)20-46)31-19-42(3)37(48)35(41-31)40-27-6-4-23(5-7-27)24-8-10-43(11-9-24)28-21-49-22-28/h4-7,14-16,19,24,28,46H,8-13,17-18,20-22H2,1-3H3,(H,40,41). The van der Waals surface area contributed by atoms with E-state index in [0.717, 1.165) is 52.0 Å². The molecule has 0 bridgehead atoms. The molecule has 5 heterocycles. The van der Waals surface area contributed by atoms with Gasteiger partial charge in [0.05, 0.1) is 37.2 Å². The Morgan fingerprint density at radius 2 is 1.78 bits per heavy atom. The average molecular weight is 667 g/mol. The number of piperidine rings is 1. The number of hydrogen-bond donors (Lipinski definition) is 2. The Hall–Kier alpha value is -4.32. The summed E-state index contributed by atoms with van der Waals surface area (Å²) in [5.74, 6) is -0.207. The summed E-state index contributed by atoms with van der Waals surface area (Å²) in [5, 5.41) is 13.8. The summed E-state index contributed by atoms with van der Waals surface area (Å²) in [6.07, 6.45) is 5.57. The van der Waals surface area contributed by atoms with Crippen molar-refractivity contribution in [3.05, 3.63) is 92.9 Å². The largest absolute Gasteiger partial charge is 0.392 e. The number of aliphatic hydroxyl groups is 1. The number of amides is 1.